The van der Waals surface area contributed by atoms with Crippen LogP contribution < -0.4 is 10.1 Å². The lowest BCUT2D eigenvalue weighted by Crippen LogP contribution is -2.10. The van der Waals surface area contributed by atoms with Crippen LogP contribution in [0.5, 0.6) is 6.01 Å². The van der Waals surface area contributed by atoms with Crippen LogP contribution in [0.4, 0.5) is 5.95 Å². The Bertz CT molecular complexity index is 532. The maximum Gasteiger partial charge on any atom is 0.321 e. The third kappa shape index (κ3) is 4.15. The first-order valence-electron chi connectivity index (χ1n) is 6.83. The normalized spacial score (nSPS) is 10.3. The molecule has 0 saturated heterocycles. The standard InChI is InChI=1S/C14H19N5O/c1-3-8-16-13-17-12(18-14(19-13)20-4-2)10-11-7-5-6-9-15-11/h5-7,9H,3-4,8,10H2,1-2H3,(H,16,17,18,19). The quantitative estimate of drug-likeness (QED) is 0.832. The van der Waals surface area contributed by atoms with Gasteiger partial charge in [0.15, 0.2) is 0 Å². The van der Waals surface area contributed by atoms with E-state index in [1.54, 1.807) is 6.20 Å². The molecule has 0 unspecified atom stereocenters. The van der Waals surface area contributed by atoms with E-state index in [2.05, 4.69) is 32.2 Å². The first-order chi connectivity index (χ1) is 9.81. The molecule has 0 atom stereocenters. The first kappa shape index (κ1) is 14.2. The molecule has 0 fully saturated rings. The minimum Gasteiger partial charge on any atom is -0.464 e. The highest BCUT2D eigenvalue weighted by atomic mass is 16.5. The summed E-state index contributed by atoms with van der Waals surface area (Å²) in [5.74, 6) is 1.21. The van der Waals surface area contributed by atoms with Gasteiger partial charge in [-0.25, -0.2) is 0 Å². The number of hydrogen-bond donors (Lipinski definition) is 1. The summed E-state index contributed by atoms with van der Waals surface area (Å²) in [6.45, 7) is 5.34. The predicted octanol–water partition coefficient (Wildman–Crippen LogP) is 2.08. The molecule has 0 spiro atoms. The van der Waals surface area contributed by atoms with Crippen molar-refractivity contribution in [2.75, 3.05) is 18.5 Å². The fourth-order valence-electron chi connectivity index (χ4n) is 1.65. The minimum atomic E-state index is 0.354. The Labute approximate surface area is 118 Å². The smallest absolute Gasteiger partial charge is 0.321 e. The van der Waals surface area contributed by atoms with Gasteiger partial charge in [0.05, 0.1) is 13.0 Å². The van der Waals surface area contributed by atoms with Gasteiger partial charge < -0.3 is 10.1 Å². The Morgan fingerprint density at radius 1 is 1.15 bits per heavy atom. The van der Waals surface area contributed by atoms with E-state index in [1.807, 2.05) is 25.1 Å². The Kier molecular flexibility index (Phi) is 5.23. The van der Waals surface area contributed by atoms with Crippen LogP contribution in [-0.2, 0) is 6.42 Å². The molecule has 0 aliphatic heterocycles. The van der Waals surface area contributed by atoms with Crippen molar-refractivity contribution in [2.45, 2.75) is 26.7 Å². The second-order valence-corrected chi connectivity index (χ2v) is 4.22. The van der Waals surface area contributed by atoms with Crippen molar-refractivity contribution in [1.29, 1.82) is 0 Å². The monoisotopic (exact) mass is 273 g/mol. The van der Waals surface area contributed by atoms with Gasteiger partial charge in [-0.05, 0) is 25.5 Å². The number of rotatable bonds is 7. The van der Waals surface area contributed by atoms with Crippen molar-refractivity contribution in [3.63, 3.8) is 0 Å². The van der Waals surface area contributed by atoms with Crippen molar-refractivity contribution in [3.8, 4) is 6.01 Å². The van der Waals surface area contributed by atoms with Gasteiger partial charge in [-0.15, -0.1) is 0 Å². The summed E-state index contributed by atoms with van der Waals surface area (Å²) in [4.78, 5) is 17.2. The van der Waals surface area contributed by atoms with Crippen molar-refractivity contribution in [1.82, 2.24) is 19.9 Å². The second kappa shape index (κ2) is 7.37. The summed E-state index contributed by atoms with van der Waals surface area (Å²) in [5.41, 5.74) is 0.919. The number of hydrogen-bond acceptors (Lipinski definition) is 6. The van der Waals surface area contributed by atoms with Crippen molar-refractivity contribution in [3.05, 3.63) is 35.9 Å². The van der Waals surface area contributed by atoms with E-state index in [0.29, 0.717) is 30.8 Å². The molecule has 20 heavy (non-hydrogen) atoms. The molecule has 6 nitrogen and oxygen atoms in total. The van der Waals surface area contributed by atoms with Crippen LogP contribution in [0.15, 0.2) is 24.4 Å². The van der Waals surface area contributed by atoms with Crippen LogP contribution in [0.1, 0.15) is 31.8 Å². The molecule has 6 heteroatoms. The summed E-state index contributed by atoms with van der Waals surface area (Å²) in [7, 11) is 0. The fourth-order valence-corrected chi connectivity index (χ4v) is 1.65. The molecule has 0 amide bonds. The zero-order chi connectivity index (χ0) is 14.2. The van der Waals surface area contributed by atoms with Gasteiger partial charge >= 0.3 is 6.01 Å². The largest absolute Gasteiger partial charge is 0.464 e. The highest BCUT2D eigenvalue weighted by molar-refractivity contribution is 5.26. The molecular weight excluding hydrogens is 254 g/mol. The van der Waals surface area contributed by atoms with Gasteiger partial charge in [-0.1, -0.05) is 13.0 Å². The Morgan fingerprint density at radius 3 is 2.75 bits per heavy atom. The van der Waals surface area contributed by atoms with E-state index >= 15 is 0 Å². The SMILES string of the molecule is CCCNc1nc(Cc2ccccn2)nc(OCC)n1. The Balaban J connectivity index is 2.19. The second-order valence-electron chi connectivity index (χ2n) is 4.22. The van der Waals surface area contributed by atoms with Crippen LogP contribution in [0.2, 0.25) is 0 Å². The maximum atomic E-state index is 5.38. The number of anilines is 1. The summed E-state index contributed by atoms with van der Waals surface area (Å²) >= 11 is 0. The molecule has 1 N–H and O–H groups in total. The summed E-state index contributed by atoms with van der Waals surface area (Å²) in [5, 5.41) is 3.16. The lowest BCUT2D eigenvalue weighted by atomic mass is 10.2. The van der Waals surface area contributed by atoms with Crippen LogP contribution in [0.3, 0.4) is 0 Å². The third-order valence-electron chi connectivity index (χ3n) is 2.53. The highest BCUT2D eigenvalue weighted by Crippen LogP contribution is 2.10. The van der Waals surface area contributed by atoms with E-state index in [-0.39, 0.29) is 0 Å². The molecule has 0 bridgehead atoms. The number of pyridine rings is 1. The molecule has 2 aromatic rings. The molecule has 0 saturated carbocycles. The lowest BCUT2D eigenvalue weighted by molar-refractivity contribution is 0.310. The fraction of sp³-hybridized carbons (Fsp3) is 0.429. The summed E-state index contributed by atoms with van der Waals surface area (Å²) < 4.78 is 5.38. The van der Waals surface area contributed by atoms with Gasteiger partial charge in [0.2, 0.25) is 5.95 Å². The van der Waals surface area contributed by atoms with E-state index in [1.165, 1.54) is 0 Å². The number of nitrogens with one attached hydrogen (secondary N) is 1. The third-order valence-corrected chi connectivity index (χ3v) is 2.53. The van der Waals surface area contributed by atoms with E-state index in [0.717, 1.165) is 18.7 Å². The van der Waals surface area contributed by atoms with Gasteiger partial charge in [-0.2, -0.15) is 15.0 Å². The van der Waals surface area contributed by atoms with Gasteiger partial charge in [0, 0.05) is 18.4 Å². The number of nitrogens with zero attached hydrogens (tertiary/aromatic N) is 4. The molecule has 106 valence electrons. The minimum absolute atomic E-state index is 0.354. The Hall–Kier alpha value is -2.24. The van der Waals surface area contributed by atoms with Gasteiger partial charge in [0.1, 0.15) is 5.82 Å². The molecule has 0 radical (unpaired) electrons. The lowest BCUT2D eigenvalue weighted by Gasteiger charge is -2.08. The molecule has 2 heterocycles. The zero-order valence-electron chi connectivity index (χ0n) is 11.8. The van der Waals surface area contributed by atoms with Crippen LogP contribution in [0.25, 0.3) is 0 Å². The van der Waals surface area contributed by atoms with Crippen molar-refractivity contribution >= 4 is 5.95 Å². The van der Waals surface area contributed by atoms with Crippen molar-refractivity contribution in [2.24, 2.45) is 0 Å². The topological polar surface area (TPSA) is 72.8 Å². The molecule has 0 aliphatic rings. The van der Waals surface area contributed by atoms with Gasteiger partial charge in [-0.3, -0.25) is 4.98 Å². The molecule has 2 rings (SSSR count). The summed E-state index contributed by atoms with van der Waals surface area (Å²) in [6.07, 6.45) is 3.33. The maximum absolute atomic E-state index is 5.38. The van der Waals surface area contributed by atoms with Crippen LogP contribution in [-0.4, -0.2) is 33.1 Å². The van der Waals surface area contributed by atoms with E-state index in [4.69, 9.17) is 4.74 Å². The van der Waals surface area contributed by atoms with E-state index < -0.39 is 0 Å². The zero-order valence-corrected chi connectivity index (χ0v) is 11.8. The van der Waals surface area contributed by atoms with Crippen LogP contribution >= 0.6 is 0 Å². The molecular formula is C14H19N5O. The average Bonchev–Trinajstić information content (AvgIpc) is 2.46. The highest BCUT2D eigenvalue weighted by Gasteiger charge is 2.08. The predicted molar refractivity (Wildman–Crippen MR) is 76.8 cm³/mol. The average molecular weight is 273 g/mol. The van der Waals surface area contributed by atoms with Crippen molar-refractivity contribution < 1.29 is 4.74 Å². The number of aromatic nitrogens is 4. The molecule has 0 aromatic carbocycles. The van der Waals surface area contributed by atoms with E-state index in [9.17, 15) is 0 Å². The number of ether oxygens (including phenoxy) is 1. The Morgan fingerprint density at radius 2 is 2.05 bits per heavy atom. The van der Waals surface area contributed by atoms with Gasteiger partial charge in [0.25, 0.3) is 0 Å². The molecule has 0 aliphatic carbocycles. The first-order valence-corrected chi connectivity index (χ1v) is 6.83. The molecule has 2 aromatic heterocycles. The summed E-state index contributed by atoms with van der Waals surface area (Å²) in [6, 6.07) is 6.13. The van der Waals surface area contributed by atoms with Crippen LogP contribution in [0, 0.1) is 0 Å².